The number of sulfonamides is 1. The molecular weight excluding hydrogens is 341 g/mol. The number of hydrogen-bond acceptors (Lipinski definition) is 3. The summed E-state index contributed by atoms with van der Waals surface area (Å²) in [7, 11) is -4.11. The highest BCUT2D eigenvalue weighted by atomic mass is 35.5. The lowest BCUT2D eigenvalue weighted by molar-refractivity contribution is -0.137. The number of pyridine rings is 1. The molecule has 22 heavy (non-hydrogen) atoms. The number of alkyl halides is 3. The summed E-state index contributed by atoms with van der Waals surface area (Å²) in [5.74, 6) is 0. The van der Waals surface area contributed by atoms with Gasteiger partial charge in [-0.2, -0.15) is 13.2 Å². The Hall–Kier alpha value is -1.64. The summed E-state index contributed by atoms with van der Waals surface area (Å²) in [5.41, 5.74) is -0.758. The van der Waals surface area contributed by atoms with Crippen LogP contribution in [0.5, 0.6) is 0 Å². The van der Waals surface area contributed by atoms with Crippen molar-refractivity contribution < 1.29 is 21.6 Å². The molecule has 1 aromatic carbocycles. The van der Waals surface area contributed by atoms with Crippen LogP contribution in [0.3, 0.4) is 0 Å². The smallest absolute Gasteiger partial charge is 0.260 e. The molecular formula is C13H10ClF3N2O2S. The lowest BCUT2D eigenvalue weighted by Crippen LogP contribution is -2.24. The first-order valence-corrected chi connectivity index (χ1v) is 7.82. The highest BCUT2D eigenvalue weighted by molar-refractivity contribution is 7.89. The van der Waals surface area contributed by atoms with E-state index in [-0.39, 0.29) is 6.54 Å². The first-order chi connectivity index (χ1) is 10.2. The minimum atomic E-state index is -4.73. The topological polar surface area (TPSA) is 59.1 Å². The van der Waals surface area contributed by atoms with Crippen LogP contribution in [-0.2, 0) is 22.7 Å². The molecule has 0 aliphatic carbocycles. The first-order valence-electron chi connectivity index (χ1n) is 5.96. The van der Waals surface area contributed by atoms with E-state index in [2.05, 4.69) is 9.71 Å². The fourth-order valence-electron chi connectivity index (χ4n) is 1.64. The summed E-state index contributed by atoms with van der Waals surface area (Å²) in [6, 6.07) is 7.33. The van der Waals surface area contributed by atoms with Crippen LogP contribution >= 0.6 is 11.6 Å². The van der Waals surface area contributed by atoms with E-state index in [4.69, 9.17) is 11.6 Å². The lowest BCUT2D eigenvalue weighted by atomic mass is 10.2. The Morgan fingerprint density at radius 3 is 2.50 bits per heavy atom. The van der Waals surface area contributed by atoms with Crippen LogP contribution in [0.2, 0.25) is 5.02 Å². The Bertz CT molecular complexity index is 765. The third kappa shape index (κ3) is 3.96. The number of nitrogens with one attached hydrogen (secondary N) is 1. The number of aromatic nitrogens is 1. The summed E-state index contributed by atoms with van der Waals surface area (Å²) >= 11 is 5.46. The predicted molar refractivity (Wildman–Crippen MR) is 74.7 cm³/mol. The zero-order chi connectivity index (χ0) is 16.4. The summed E-state index contributed by atoms with van der Waals surface area (Å²) in [4.78, 5) is 3.40. The largest absolute Gasteiger partial charge is 0.417 e. The van der Waals surface area contributed by atoms with Gasteiger partial charge in [0.05, 0.1) is 27.7 Å². The SMILES string of the molecule is O=S(=O)(NCc1ccccn1)c1ccc(Cl)c(C(F)(F)F)c1. The molecule has 1 aromatic heterocycles. The molecule has 0 fully saturated rings. The van der Waals surface area contributed by atoms with Gasteiger partial charge in [0, 0.05) is 6.20 Å². The number of nitrogens with zero attached hydrogens (tertiary/aromatic N) is 1. The van der Waals surface area contributed by atoms with E-state index in [1.54, 1.807) is 18.2 Å². The van der Waals surface area contributed by atoms with Crippen LogP contribution in [0.25, 0.3) is 0 Å². The van der Waals surface area contributed by atoms with E-state index < -0.39 is 31.7 Å². The molecule has 0 saturated heterocycles. The number of hydrogen-bond donors (Lipinski definition) is 1. The molecule has 0 aliphatic rings. The quantitative estimate of drug-likeness (QED) is 0.921. The zero-order valence-electron chi connectivity index (χ0n) is 10.9. The summed E-state index contributed by atoms with van der Waals surface area (Å²) < 4.78 is 64.6. The van der Waals surface area contributed by atoms with Crippen LogP contribution in [0.1, 0.15) is 11.3 Å². The van der Waals surface area contributed by atoms with Crippen LogP contribution in [-0.4, -0.2) is 13.4 Å². The number of rotatable bonds is 4. The van der Waals surface area contributed by atoms with Crippen molar-refractivity contribution in [2.75, 3.05) is 0 Å². The van der Waals surface area contributed by atoms with Gasteiger partial charge in [0.2, 0.25) is 10.0 Å². The van der Waals surface area contributed by atoms with E-state index in [0.29, 0.717) is 11.8 Å². The van der Waals surface area contributed by atoms with Gasteiger partial charge in [0.15, 0.2) is 0 Å². The van der Waals surface area contributed by atoms with Gasteiger partial charge in [-0.3, -0.25) is 4.98 Å². The van der Waals surface area contributed by atoms with Crippen molar-refractivity contribution in [3.8, 4) is 0 Å². The van der Waals surface area contributed by atoms with Crippen LogP contribution < -0.4 is 4.72 Å². The Morgan fingerprint density at radius 1 is 1.18 bits per heavy atom. The maximum Gasteiger partial charge on any atom is 0.417 e. The third-order valence-corrected chi connectivity index (χ3v) is 4.45. The highest BCUT2D eigenvalue weighted by Gasteiger charge is 2.34. The van der Waals surface area contributed by atoms with E-state index >= 15 is 0 Å². The van der Waals surface area contributed by atoms with Crippen molar-refractivity contribution in [2.24, 2.45) is 0 Å². The minimum absolute atomic E-state index is 0.132. The molecule has 0 bridgehead atoms. The van der Waals surface area contributed by atoms with Crippen molar-refractivity contribution in [3.63, 3.8) is 0 Å². The Kier molecular flexibility index (Phi) is 4.74. The van der Waals surface area contributed by atoms with Gasteiger partial charge in [-0.05, 0) is 30.3 Å². The average molecular weight is 351 g/mol. The Balaban J connectivity index is 2.26. The second kappa shape index (κ2) is 6.23. The van der Waals surface area contributed by atoms with E-state index in [0.717, 1.165) is 12.1 Å². The van der Waals surface area contributed by atoms with E-state index in [1.165, 1.54) is 6.20 Å². The molecule has 0 amide bonds. The second-order valence-electron chi connectivity index (χ2n) is 4.29. The monoisotopic (exact) mass is 350 g/mol. The molecule has 2 rings (SSSR count). The molecule has 0 aliphatic heterocycles. The number of halogens is 4. The maximum atomic E-state index is 12.8. The lowest BCUT2D eigenvalue weighted by Gasteiger charge is -2.12. The molecule has 9 heteroatoms. The molecule has 118 valence electrons. The van der Waals surface area contributed by atoms with Gasteiger partial charge >= 0.3 is 6.18 Å². The molecule has 0 saturated carbocycles. The summed E-state index contributed by atoms with van der Waals surface area (Å²) in [6.45, 7) is -0.132. The standard InChI is InChI=1S/C13H10ClF3N2O2S/c14-12-5-4-10(7-11(12)13(15,16)17)22(20,21)19-8-9-3-1-2-6-18-9/h1-7,19H,8H2. The Morgan fingerprint density at radius 2 is 1.91 bits per heavy atom. The highest BCUT2D eigenvalue weighted by Crippen LogP contribution is 2.35. The summed E-state index contributed by atoms with van der Waals surface area (Å²) in [6.07, 6.45) is -3.25. The van der Waals surface area contributed by atoms with Gasteiger partial charge < -0.3 is 0 Å². The van der Waals surface area contributed by atoms with Crippen LogP contribution in [0, 0.1) is 0 Å². The van der Waals surface area contributed by atoms with Crippen molar-refractivity contribution >= 4 is 21.6 Å². The molecule has 2 aromatic rings. The molecule has 0 atom stereocenters. The second-order valence-corrected chi connectivity index (χ2v) is 6.46. The van der Waals surface area contributed by atoms with Gasteiger partial charge in [0.25, 0.3) is 0 Å². The fraction of sp³-hybridized carbons (Fsp3) is 0.154. The van der Waals surface area contributed by atoms with E-state index in [9.17, 15) is 21.6 Å². The molecule has 0 unspecified atom stereocenters. The normalized spacial score (nSPS) is 12.4. The Labute approximate surface area is 130 Å². The first kappa shape index (κ1) is 16.7. The minimum Gasteiger partial charge on any atom is -0.260 e. The van der Waals surface area contributed by atoms with Crippen molar-refractivity contribution in [1.29, 1.82) is 0 Å². The van der Waals surface area contributed by atoms with Gasteiger partial charge in [-0.25, -0.2) is 13.1 Å². The molecule has 1 N–H and O–H groups in total. The third-order valence-electron chi connectivity index (χ3n) is 2.72. The molecule has 1 heterocycles. The molecule has 0 spiro atoms. The number of benzene rings is 1. The molecule has 0 radical (unpaired) electrons. The maximum absolute atomic E-state index is 12.8. The van der Waals surface area contributed by atoms with Crippen molar-refractivity contribution in [2.45, 2.75) is 17.6 Å². The zero-order valence-corrected chi connectivity index (χ0v) is 12.5. The molecule has 4 nitrogen and oxygen atoms in total. The van der Waals surface area contributed by atoms with Crippen molar-refractivity contribution in [3.05, 3.63) is 58.9 Å². The predicted octanol–water partition coefficient (Wildman–Crippen LogP) is 3.23. The van der Waals surface area contributed by atoms with E-state index in [1.807, 2.05) is 0 Å². The van der Waals surface area contributed by atoms with Crippen molar-refractivity contribution in [1.82, 2.24) is 9.71 Å². The van der Waals surface area contributed by atoms with Crippen LogP contribution in [0.4, 0.5) is 13.2 Å². The van der Waals surface area contributed by atoms with Gasteiger partial charge in [0.1, 0.15) is 0 Å². The fourth-order valence-corrected chi connectivity index (χ4v) is 2.89. The average Bonchev–Trinajstić information content (AvgIpc) is 2.45. The van der Waals surface area contributed by atoms with Gasteiger partial charge in [-0.15, -0.1) is 0 Å². The van der Waals surface area contributed by atoms with Gasteiger partial charge in [-0.1, -0.05) is 17.7 Å². The summed E-state index contributed by atoms with van der Waals surface area (Å²) in [5, 5.41) is -0.559. The van der Waals surface area contributed by atoms with Crippen LogP contribution in [0.15, 0.2) is 47.5 Å².